The van der Waals surface area contributed by atoms with Gasteiger partial charge in [-0.15, -0.1) is 0 Å². The van der Waals surface area contributed by atoms with Crippen LogP contribution in [0.5, 0.6) is 0 Å². The number of esters is 1. The second-order valence-corrected chi connectivity index (χ2v) is 6.65. The van der Waals surface area contributed by atoms with Crippen LogP contribution in [0.2, 0.25) is 5.02 Å². The Balaban J connectivity index is 1.61. The maximum absolute atomic E-state index is 12.3. The third-order valence-electron chi connectivity index (χ3n) is 4.27. The molecular weight excluding hydrogens is 372 g/mol. The predicted octanol–water partition coefficient (Wildman–Crippen LogP) is 2.84. The number of carbonyl (C=O) groups excluding carboxylic acids is 2. The minimum atomic E-state index is -0.456. The zero-order valence-electron chi connectivity index (χ0n) is 15.0. The molecule has 0 aliphatic carbocycles. The molecule has 2 aromatic rings. The Morgan fingerprint density at radius 1 is 1.44 bits per heavy atom. The SMILES string of the molecule is CCOC(=O)CNC(=O)N1CCCC(c2nc(-c3cccc(Cl)c3)no2)C1. The van der Waals surface area contributed by atoms with Crippen LogP contribution < -0.4 is 5.32 Å². The van der Waals surface area contributed by atoms with E-state index >= 15 is 0 Å². The third-order valence-corrected chi connectivity index (χ3v) is 4.51. The number of nitrogens with one attached hydrogen (secondary N) is 1. The number of urea groups is 1. The molecule has 27 heavy (non-hydrogen) atoms. The van der Waals surface area contributed by atoms with E-state index in [-0.39, 0.29) is 25.1 Å². The number of ether oxygens (including phenoxy) is 1. The second kappa shape index (κ2) is 8.85. The number of likely N-dealkylation sites (tertiary alicyclic amines) is 1. The second-order valence-electron chi connectivity index (χ2n) is 6.22. The first kappa shape index (κ1) is 19.2. The summed E-state index contributed by atoms with van der Waals surface area (Å²) in [6, 6.07) is 6.93. The highest BCUT2D eigenvalue weighted by atomic mass is 35.5. The van der Waals surface area contributed by atoms with Gasteiger partial charge in [-0.05, 0) is 31.9 Å². The standard InChI is InChI=1S/C18H21ClN4O4/c1-2-26-15(24)10-20-18(25)23-8-4-6-13(11-23)17-21-16(22-27-17)12-5-3-7-14(19)9-12/h3,5,7,9,13H,2,4,6,8,10-11H2,1H3,(H,20,25). The number of aromatic nitrogens is 2. The van der Waals surface area contributed by atoms with Crippen LogP contribution in [0.4, 0.5) is 4.79 Å². The lowest BCUT2D eigenvalue weighted by Gasteiger charge is -2.30. The largest absolute Gasteiger partial charge is 0.465 e. The van der Waals surface area contributed by atoms with Crippen LogP contribution in [0.15, 0.2) is 28.8 Å². The molecule has 1 aliphatic heterocycles. The van der Waals surface area contributed by atoms with E-state index < -0.39 is 5.97 Å². The van der Waals surface area contributed by atoms with E-state index in [1.54, 1.807) is 24.0 Å². The molecule has 0 bridgehead atoms. The van der Waals surface area contributed by atoms with Crippen molar-refractivity contribution in [2.24, 2.45) is 0 Å². The number of amides is 2. The molecule has 1 aromatic heterocycles. The lowest BCUT2D eigenvalue weighted by molar-refractivity contribution is -0.141. The van der Waals surface area contributed by atoms with E-state index in [0.717, 1.165) is 18.4 Å². The highest BCUT2D eigenvalue weighted by Crippen LogP contribution is 2.28. The number of hydrogen-bond acceptors (Lipinski definition) is 6. The van der Waals surface area contributed by atoms with Crippen molar-refractivity contribution >= 4 is 23.6 Å². The number of nitrogens with zero attached hydrogens (tertiary/aromatic N) is 3. The Labute approximate surface area is 161 Å². The summed E-state index contributed by atoms with van der Waals surface area (Å²) in [6.45, 7) is 2.92. The van der Waals surface area contributed by atoms with Gasteiger partial charge in [0.05, 0.1) is 12.5 Å². The van der Waals surface area contributed by atoms with E-state index in [4.69, 9.17) is 20.9 Å². The smallest absolute Gasteiger partial charge is 0.325 e. The Bertz CT molecular complexity index is 810. The first-order valence-electron chi connectivity index (χ1n) is 8.84. The van der Waals surface area contributed by atoms with Crippen molar-refractivity contribution in [3.8, 4) is 11.4 Å². The predicted molar refractivity (Wildman–Crippen MR) is 98.3 cm³/mol. The first-order valence-corrected chi connectivity index (χ1v) is 9.22. The fourth-order valence-corrected chi connectivity index (χ4v) is 3.17. The molecule has 0 spiro atoms. The minimum Gasteiger partial charge on any atom is -0.465 e. The summed E-state index contributed by atoms with van der Waals surface area (Å²) in [4.78, 5) is 29.8. The molecule has 0 radical (unpaired) electrons. The molecule has 1 fully saturated rings. The van der Waals surface area contributed by atoms with Crippen LogP contribution >= 0.6 is 11.6 Å². The Morgan fingerprint density at radius 3 is 3.07 bits per heavy atom. The van der Waals surface area contributed by atoms with Gasteiger partial charge in [0, 0.05) is 23.7 Å². The average molecular weight is 393 g/mol. The summed E-state index contributed by atoms with van der Waals surface area (Å²) in [5, 5.41) is 7.20. The fourth-order valence-electron chi connectivity index (χ4n) is 2.98. The highest BCUT2D eigenvalue weighted by molar-refractivity contribution is 6.30. The average Bonchev–Trinajstić information content (AvgIpc) is 3.17. The van der Waals surface area contributed by atoms with Gasteiger partial charge in [0.2, 0.25) is 11.7 Å². The third kappa shape index (κ3) is 4.97. The van der Waals surface area contributed by atoms with Crippen molar-refractivity contribution in [2.45, 2.75) is 25.7 Å². The number of benzene rings is 1. The van der Waals surface area contributed by atoms with Crippen LogP contribution in [-0.4, -0.2) is 53.3 Å². The number of carbonyl (C=O) groups is 2. The molecule has 3 rings (SSSR count). The molecule has 8 nitrogen and oxygen atoms in total. The molecule has 0 saturated carbocycles. The summed E-state index contributed by atoms with van der Waals surface area (Å²) in [7, 11) is 0. The van der Waals surface area contributed by atoms with Gasteiger partial charge < -0.3 is 19.5 Å². The van der Waals surface area contributed by atoms with Crippen LogP contribution in [0.3, 0.4) is 0 Å². The Kier molecular flexibility index (Phi) is 6.28. The molecule has 1 aliphatic rings. The maximum Gasteiger partial charge on any atom is 0.325 e. The number of hydrogen-bond donors (Lipinski definition) is 1. The molecule has 1 atom stereocenters. The molecule has 1 N–H and O–H groups in total. The van der Waals surface area contributed by atoms with Crippen molar-refractivity contribution in [1.29, 1.82) is 0 Å². The van der Waals surface area contributed by atoms with Crippen LogP contribution in [0.1, 0.15) is 31.6 Å². The lowest BCUT2D eigenvalue weighted by atomic mass is 9.98. The maximum atomic E-state index is 12.3. The van der Waals surface area contributed by atoms with Gasteiger partial charge in [0.15, 0.2) is 0 Å². The van der Waals surface area contributed by atoms with Crippen LogP contribution in [0, 0.1) is 0 Å². The topological polar surface area (TPSA) is 97.6 Å². The molecule has 144 valence electrons. The summed E-state index contributed by atoms with van der Waals surface area (Å²) in [6.07, 6.45) is 1.66. The van der Waals surface area contributed by atoms with Gasteiger partial charge in [-0.2, -0.15) is 4.98 Å². The van der Waals surface area contributed by atoms with Gasteiger partial charge in [-0.25, -0.2) is 4.79 Å². The number of rotatable bonds is 5. The van der Waals surface area contributed by atoms with E-state index in [2.05, 4.69) is 15.5 Å². The zero-order chi connectivity index (χ0) is 19.2. The van der Waals surface area contributed by atoms with Gasteiger partial charge in [-0.1, -0.05) is 28.9 Å². The lowest BCUT2D eigenvalue weighted by Crippen LogP contribution is -2.46. The number of piperidine rings is 1. The van der Waals surface area contributed by atoms with Crippen LogP contribution in [0.25, 0.3) is 11.4 Å². The molecule has 1 aromatic carbocycles. The van der Waals surface area contributed by atoms with Crippen molar-refractivity contribution in [2.75, 3.05) is 26.2 Å². The van der Waals surface area contributed by atoms with Crippen LogP contribution in [-0.2, 0) is 9.53 Å². The monoisotopic (exact) mass is 392 g/mol. The summed E-state index contributed by atoms with van der Waals surface area (Å²) < 4.78 is 10.2. The van der Waals surface area contributed by atoms with Crippen molar-refractivity contribution in [1.82, 2.24) is 20.4 Å². The molecular formula is C18H21ClN4O4. The molecule has 1 saturated heterocycles. The fraction of sp³-hybridized carbons (Fsp3) is 0.444. The van der Waals surface area contributed by atoms with E-state index in [1.165, 1.54) is 0 Å². The first-order chi connectivity index (χ1) is 13.1. The number of halogens is 1. The van der Waals surface area contributed by atoms with Gasteiger partial charge in [0.1, 0.15) is 6.54 Å². The highest BCUT2D eigenvalue weighted by Gasteiger charge is 2.29. The normalized spacial score (nSPS) is 16.8. The van der Waals surface area contributed by atoms with E-state index in [0.29, 0.717) is 29.8 Å². The Hall–Kier alpha value is -2.61. The summed E-state index contributed by atoms with van der Waals surface area (Å²) in [5.41, 5.74) is 0.775. The zero-order valence-corrected chi connectivity index (χ0v) is 15.7. The summed E-state index contributed by atoms with van der Waals surface area (Å²) in [5.74, 6) is 0.458. The van der Waals surface area contributed by atoms with Crippen molar-refractivity contribution < 1.29 is 18.8 Å². The van der Waals surface area contributed by atoms with Gasteiger partial charge in [0.25, 0.3) is 0 Å². The molecule has 2 amide bonds. The van der Waals surface area contributed by atoms with Crippen molar-refractivity contribution in [3.05, 3.63) is 35.2 Å². The Morgan fingerprint density at radius 2 is 2.30 bits per heavy atom. The van der Waals surface area contributed by atoms with E-state index in [9.17, 15) is 9.59 Å². The molecule has 1 unspecified atom stereocenters. The van der Waals surface area contributed by atoms with Crippen molar-refractivity contribution in [3.63, 3.8) is 0 Å². The molecule has 2 heterocycles. The quantitative estimate of drug-likeness (QED) is 0.786. The minimum absolute atomic E-state index is 0.0486. The van der Waals surface area contributed by atoms with E-state index in [1.807, 2.05) is 12.1 Å². The van der Waals surface area contributed by atoms with Gasteiger partial charge >= 0.3 is 12.0 Å². The molecule has 9 heteroatoms. The summed E-state index contributed by atoms with van der Waals surface area (Å²) >= 11 is 6.01. The van der Waals surface area contributed by atoms with Gasteiger partial charge in [-0.3, -0.25) is 4.79 Å².